The van der Waals surface area contributed by atoms with E-state index in [1.165, 1.54) is 7.11 Å². The van der Waals surface area contributed by atoms with Crippen LogP contribution in [0.3, 0.4) is 0 Å². The molecule has 0 saturated heterocycles. The van der Waals surface area contributed by atoms with Crippen LogP contribution in [0, 0.1) is 0 Å². The molecular formula is C11H19O4-. The number of carboxylic acid groups (broad SMARTS) is 1. The second-order valence-electron chi connectivity index (χ2n) is 3.57. The van der Waals surface area contributed by atoms with Gasteiger partial charge in [-0.1, -0.05) is 25.7 Å². The van der Waals surface area contributed by atoms with Crippen molar-refractivity contribution < 1.29 is 19.4 Å². The fourth-order valence-corrected chi connectivity index (χ4v) is 1.35. The van der Waals surface area contributed by atoms with E-state index in [4.69, 9.17) is 0 Å². The van der Waals surface area contributed by atoms with Gasteiger partial charge in [-0.3, -0.25) is 4.79 Å². The van der Waals surface area contributed by atoms with Crippen molar-refractivity contribution in [1.82, 2.24) is 0 Å². The lowest BCUT2D eigenvalue weighted by Gasteiger charge is -2.02. The lowest BCUT2D eigenvalue weighted by atomic mass is 10.1. The third-order valence-corrected chi connectivity index (χ3v) is 2.24. The minimum Gasteiger partial charge on any atom is -0.550 e. The highest BCUT2D eigenvalue weighted by Crippen LogP contribution is 2.08. The second-order valence-corrected chi connectivity index (χ2v) is 3.57. The molecule has 0 bridgehead atoms. The van der Waals surface area contributed by atoms with Crippen molar-refractivity contribution in [3.63, 3.8) is 0 Å². The highest BCUT2D eigenvalue weighted by molar-refractivity contribution is 5.68. The van der Waals surface area contributed by atoms with E-state index in [2.05, 4.69) is 4.74 Å². The third-order valence-electron chi connectivity index (χ3n) is 2.24. The third kappa shape index (κ3) is 10.9. The molecule has 0 fully saturated rings. The quantitative estimate of drug-likeness (QED) is 0.425. The maximum absolute atomic E-state index is 10.7. The van der Waals surface area contributed by atoms with Crippen LogP contribution in [0.4, 0.5) is 0 Å². The molecule has 0 rings (SSSR count). The van der Waals surface area contributed by atoms with Crippen molar-refractivity contribution >= 4 is 11.9 Å². The number of aliphatic carboxylic acids is 1. The molecule has 0 aliphatic carbocycles. The average molecular weight is 215 g/mol. The Labute approximate surface area is 90.6 Å². The van der Waals surface area contributed by atoms with Crippen molar-refractivity contribution in [3.8, 4) is 0 Å². The predicted octanol–water partition coefficient (Wildman–Crippen LogP) is 1.03. The van der Waals surface area contributed by atoms with Crippen LogP contribution >= 0.6 is 0 Å². The SMILES string of the molecule is COC(=O)CCCCCCCCC(=O)[O-]. The number of carbonyl (C=O) groups is 2. The Balaban J connectivity index is 3.05. The summed E-state index contributed by atoms with van der Waals surface area (Å²) in [6, 6.07) is 0. The first-order valence-corrected chi connectivity index (χ1v) is 5.43. The molecule has 0 heterocycles. The van der Waals surface area contributed by atoms with Crippen molar-refractivity contribution in [2.24, 2.45) is 0 Å². The summed E-state index contributed by atoms with van der Waals surface area (Å²) >= 11 is 0. The summed E-state index contributed by atoms with van der Waals surface area (Å²) in [4.78, 5) is 20.8. The van der Waals surface area contributed by atoms with E-state index >= 15 is 0 Å². The summed E-state index contributed by atoms with van der Waals surface area (Å²) in [7, 11) is 1.39. The van der Waals surface area contributed by atoms with Gasteiger partial charge in [0, 0.05) is 12.4 Å². The summed E-state index contributed by atoms with van der Waals surface area (Å²) in [5.74, 6) is -1.13. The Bertz CT molecular complexity index is 189. The zero-order valence-corrected chi connectivity index (χ0v) is 9.29. The maximum atomic E-state index is 10.7. The van der Waals surface area contributed by atoms with Crippen LogP contribution in [0.2, 0.25) is 0 Å². The van der Waals surface area contributed by atoms with Crippen molar-refractivity contribution in [2.45, 2.75) is 51.4 Å². The molecule has 0 atom stereocenters. The Morgan fingerprint density at radius 2 is 1.40 bits per heavy atom. The molecule has 0 radical (unpaired) electrons. The Morgan fingerprint density at radius 1 is 0.933 bits per heavy atom. The van der Waals surface area contributed by atoms with Gasteiger partial charge in [0.15, 0.2) is 0 Å². The van der Waals surface area contributed by atoms with E-state index in [9.17, 15) is 14.7 Å². The Kier molecular flexibility index (Phi) is 8.82. The number of rotatable bonds is 9. The van der Waals surface area contributed by atoms with E-state index in [0.717, 1.165) is 32.1 Å². The van der Waals surface area contributed by atoms with E-state index < -0.39 is 5.97 Å². The highest BCUT2D eigenvalue weighted by atomic mass is 16.5. The molecule has 0 spiro atoms. The number of hydrogen-bond donors (Lipinski definition) is 0. The average Bonchev–Trinajstić information content (AvgIpc) is 2.21. The van der Waals surface area contributed by atoms with E-state index in [0.29, 0.717) is 12.8 Å². The number of unbranched alkanes of at least 4 members (excludes halogenated alkanes) is 5. The van der Waals surface area contributed by atoms with E-state index in [1.807, 2.05) is 0 Å². The molecule has 0 amide bonds. The van der Waals surface area contributed by atoms with Gasteiger partial charge in [-0.05, 0) is 19.3 Å². The fraction of sp³-hybridized carbons (Fsp3) is 0.818. The first-order chi connectivity index (χ1) is 7.16. The minimum atomic E-state index is -0.972. The number of hydrogen-bond acceptors (Lipinski definition) is 4. The normalized spacial score (nSPS) is 9.93. The second kappa shape index (κ2) is 9.49. The summed E-state index contributed by atoms with van der Waals surface area (Å²) < 4.78 is 4.51. The number of carbonyl (C=O) groups excluding carboxylic acids is 2. The zero-order chi connectivity index (χ0) is 11.5. The molecule has 0 aliphatic rings. The highest BCUT2D eigenvalue weighted by Gasteiger charge is 1.98. The lowest BCUT2D eigenvalue weighted by Crippen LogP contribution is -2.21. The smallest absolute Gasteiger partial charge is 0.305 e. The largest absolute Gasteiger partial charge is 0.550 e. The monoisotopic (exact) mass is 215 g/mol. The van der Waals surface area contributed by atoms with Crippen molar-refractivity contribution in [3.05, 3.63) is 0 Å². The van der Waals surface area contributed by atoms with Crippen LogP contribution < -0.4 is 5.11 Å². The van der Waals surface area contributed by atoms with Gasteiger partial charge in [0.05, 0.1) is 7.11 Å². The summed E-state index contributed by atoms with van der Waals surface area (Å²) in [5, 5.41) is 10.1. The Hall–Kier alpha value is -1.06. The molecule has 4 heteroatoms. The molecule has 0 aromatic heterocycles. The van der Waals surface area contributed by atoms with Crippen LogP contribution in [0.15, 0.2) is 0 Å². The van der Waals surface area contributed by atoms with Crippen molar-refractivity contribution in [2.75, 3.05) is 7.11 Å². The molecule has 0 unspecified atom stereocenters. The summed E-state index contributed by atoms with van der Waals surface area (Å²) in [5.41, 5.74) is 0. The number of methoxy groups -OCH3 is 1. The predicted molar refractivity (Wildman–Crippen MR) is 54.0 cm³/mol. The molecule has 15 heavy (non-hydrogen) atoms. The topological polar surface area (TPSA) is 66.4 Å². The first kappa shape index (κ1) is 13.9. The number of ether oxygens (including phenoxy) is 1. The van der Waals surface area contributed by atoms with Gasteiger partial charge in [0.25, 0.3) is 0 Å². The van der Waals surface area contributed by atoms with Gasteiger partial charge in [-0.25, -0.2) is 0 Å². The zero-order valence-electron chi connectivity index (χ0n) is 9.29. The first-order valence-electron chi connectivity index (χ1n) is 5.43. The number of carboxylic acids is 1. The van der Waals surface area contributed by atoms with Gasteiger partial charge < -0.3 is 14.6 Å². The van der Waals surface area contributed by atoms with Crippen LogP contribution in [-0.2, 0) is 14.3 Å². The van der Waals surface area contributed by atoms with Gasteiger partial charge in [0.1, 0.15) is 0 Å². The fourth-order valence-electron chi connectivity index (χ4n) is 1.35. The van der Waals surface area contributed by atoms with Crippen molar-refractivity contribution in [1.29, 1.82) is 0 Å². The lowest BCUT2D eigenvalue weighted by molar-refractivity contribution is -0.305. The summed E-state index contributed by atoms with van der Waals surface area (Å²) in [6.45, 7) is 0. The molecule has 0 N–H and O–H groups in total. The number of esters is 1. The van der Waals surface area contributed by atoms with Crippen LogP contribution in [0.1, 0.15) is 51.4 Å². The van der Waals surface area contributed by atoms with Crippen LogP contribution in [0.25, 0.3) is 0 Å². The van der Waals surface area contributed by atoms with Gasteiger partial charge in [0.2, 0.25) is 0 Å². The maximum Gasteiger partial charge on any atom is 0.305 e. The summed E-state index contributed by atoms with van der Waals surface area (Å²) in [6.07, 6.45) is 6.18. The Morgan fingerprint density at radius 3 is 1.87 bits per heavy atom. The standard InChI is InChI=1S/C11H20O4/c1-15-11(14)9-7-5-3-2-4-6-8-10(12)13/h2-9H2,1H3,(H,12,13)/p-1. The van der Waals surface area contributed by atoms with Gasteiger partial charge in [-0.15, -0.1) is 0 Å². The van der Waals surface area contributed by atoms with Gasteiger partial charge >= 0.3 is 5.97 Å². The van der Waals surface area contributed by atoms with E-state index in [-0.39, 0.29) is 12.4 Å². The molecule has 0 saturated carbocycles. The van der Waals surface area contributed by atoms with E-state index in [1.54, 1.807) is 0 Å². The molecule has 0 aromatic rings. The van der Waals surface area contributed by atoms with Gasteiger partial charge in [-0.2, -0.15) is 0 Å². The minimum absolute atomic E-state index is 0.155. The molecule has 88 valence electrons. The molecule has 0 aliphatic heterocycles. The van der Waals surface area contributed by atoms with Crippen LogP contribution in [-0.4, -0.2) is 19.0 Å². The van der Waals surface area contributed by atoms with Crippen LogP contribution in [0.5, 0.6) is 0 Å². The molecular weight excluding hydrogens is 196 g/mol. The molecule has 0 aromatic carbocycles. The molecule has 4 nitrogen and oxygen atoms in total.